The third-order valence-corrected chi connectivity index (χ3v) is 6.38. The Bertz CT molecular complexity index is 799. The minimum Gasteiger partial charge on any atom is -0.355 e. The van der Waals surface area contributed by atoms with Gasteiger partial charge in [-0.3, -0.25) is 4.79 Å². The van der Waals surface area contributed by atoms with Gasteiger partial charge in [-0.15, -0.1) is 10.2 Å². The van der Waals surface area contributed by atoms with E-state index < -0.39 is 0 Å². The van der Waals surface area contributed by atoms with Gasteiger partial charge < -0.3 is 15.1 Å². The molecule has 0 bridgehead atoms. The van der Waals surface area contributed by atoms with Crippen molar-refractivity contribution >= 4 is 23.5 Å². The molecule has 0 unspecified atom stereocenters. The van der Waals surface area contributed by atoms with Crippen LogP contribution in [0.3, 0.4) is 0 Å². The molecule has 1 saturated heterocycles. The fourth-order valence-corrected chi connectivity index (χ4v) is 4.23. The average molecular weight is 428 g/mol. The van der Waals surface area contributed by atoms with Crippen LogP contribution in [0.5, 0.6) is 0 Å². The highest BCUT2D eigenvalue weighted by Gasteiger charge is 2.25. The number of anilines is 1. The molecule has 162 valence electrons. The number of nitrogens with zero attached hydrogens (tertiary/aromatic N) is 4. The van der Waals surface area contributed by atoms with Crippen molar-refractivity contribution < 1.29 is 4.79 Å². The van der Waals surface area contributed by atoms with E-state index in [9.17, 15) is 4.79 Å². The topological polar surface area (TPSA) is 61.4 Å². The van der Waals surface area contributed by atoms with E-state index in [0.29, 0.717) is 12.5 Å². The van der Waals surface area contributed by atoms with Crippen LogP contribution in [0.25, 0.3) is 0 Å². The molecule has 1 aromatic heterocycles. The standard InChI is InChI=1S/C23H33N5OS/c1-17(2)18-5-7-20(8-6-18)30-22-10-9-21(25-26-22)28-14-11-19(12-15-28)23(29)24-13-16-27(3)4/h5-10,17,19H,11-16H2,1-4H3,(H,24,29). The number of hydrogen-bond donors (Lipinski definition) is 1. The average Bonchev–Trinajstić information content (AvgIpc) is 2.74. The number of carbonyl (C=O) groups excluding carboxylic acids is 1. The third-order valence-electron chi connectivity index (χ3n) is 5.44. The molecule has 1 amide bonds. The lowest BCUT2D eigenvalue weighted by molar-refractivity contribution is -0.125. The molecule has 0 radical (unpaired) electrons. The summed E-state index contributed by atoms with van der Waals surface area (Å²) in [5, 5.41) is 12.8. The Morgan fingerprint density at radius 1 is 1.13 bits per heavy atom. The fraction of sp³-hybridized carbons (Fsp3) is 0.522. The van der Waals surface area contributed by atoms with Crippen LogP contribution in [0.15, 0.2) is 46.3 Å². The summed E-state index contributed by atoms with van der Waals surface area (Å²) in [7, 11) is 4.02. The van der Waals surface area contributed by atoms with Crippen LogP contribution in [0.2, 0.25) is 0 Å². The second kappa shape index (κ2) is 10.8. The van der Waals surface area contributed by atoms with E-state index in [0.717, 1.165) is 43.3 Å². The zero-order chi connectivity index (χ0) is 21.5. The maximum absolute atomic E-state index is 12.3. The smallest absolute Gasteiger partial charge is 0.223 e. The highest BCUT2D eigenvalue weighted by atomic mass is 32.2. The van der Waals surface area contributed by atoms with E-state index in [4.69, 9.17) is 0 Å². The second-order valence-electron chi connectivity index (χ2n) is 8.41. The van der Waals surface area contributed by atoms with Gasteiger partial charge in [0, 0.05) is 37.0 Å². The monoisotopic (exact) mass is 427 g/mol. The highest BCUT2D eigenvalue weighted by molar-refractivity contribution is 7.99. The summed E-state index contributed by atoms with van der Waals surface area (Å²) in [4.78, 5) is 17.8. The van der Waals surface area contributed by atoms with Crippen LogP contribution in [0, 0.1) is 5.92 Å². The number of amides is 1. The first-order valence-electron chi connectivity index (χ1n) is 10.7. The summed E-state index contributed by atoms with van der Waals surface area (Å²) in [5.74, 6) is 1.70. The van der Waals surface area contributed by atoms with Crippen molar-refractivity contribution in [3.8, 4) is 0 Å². The summed E-state index contributed by atoms with van der Waals surface area (Å²) in [6.07, 6.45) is 1.71. The largest absolute Gasteiger partial charge is 0.355 e. The maximum Gasteiger partial charge on any atom is 0.223 e. The number of carbonyl (C=O) groups is 1. The number of nitrogens with one attached hydrogen (secondary N) is 1. The Labute approximate surface area is 184 Å². The van der Waals surface area contributed by atoms with Crippen molar-refractivity contribution in [2.45, 2.75) is 42.5 Å². The molecule has 3 rings (SSSR count). The van der Waals surface area contributed by atoms with E-state index >= 15 is 0 Å². The fourth-order valence-electron chi connectivity index (χ4n) is 3.50. The summed E-state index contributed by atoms with van der Waals surface area (Å²) in [6, 6.07) is 12.7. The Morgan fingerprint density at radius 3 is 2.40 bits per heavy atom. The highest BCUT2D eigenvalue weighted by Crippen LogP contribution is 2.28. The van der Waals surface area contributed by atoms with Gasteiger partial charge in [-0.1, -0.05) is 37.7 Å². The van der Waals surface area contributed by atoms with E-state index in [-0.39, 0.29) is 11.8 Å². The zero-order valence-electron chi connectivity index (χ0n) is 18.5. The number of aromatic nitrogens is 2. The number of piperidine rings is 1. The molecule has 2 aromatic rings. The molecular weight excluding hydrogens is 394 g/mol. The SMILES string of the molecule is CC(C)c1ccc(Sc2ccc(N3CCC(C(=O)NCCN(C)C)CC3)nn2)cc1. The predicted octanol–water partition coefficient (Wildman–Crippen LogP) is 3.65. The van der Waals surface area contributed by atoms with Crippen molar-refractivity contribution in [2.75, 3.05) is 45.2 Å². The molecule has 0 spiro atoms. The number of rotatable bonds is 8. The minimum atomic E-state index is 0.0972. The van der Waals surface area contributed by atoms with Crippen molar-refractivity contribution in [3.05, 3.63) is 42.0 Å². The Balaban J connectivity index is 1.48. The van der Waals surface area contributed by atoms with E-state index in [1.54, 1.807) is 11.8 Å². The Kier molecular flexibility index (Phi) is 8.10. The van der Waals surface area contributed by atoms with Crippen LogP contribution < -0.4 is 10.2 Å². The predicted molar refractivity (Wildman–Crippen MR) is 123 cm³/mol. The van der Waals surface area contributed by atoms with Gasteiger partial charge in [-0.2, -0.15) is 0 Å². The van der Waals surface area contributed by atoms with Gasteiger partial charge in [0.1, 0.15) is 5.03 Å². The summed E-state index contributed by atoms with van der Waals surface area (Å²) >= 11 is 1.63. The first kappa shape index (κ1) is 22.6. The number of benzene rings is 1. The zero-order valence-corrected chi connectivity index (χ0v) is 19.3. The van der Waals surface area contributed by atoms with Gasteiger partial charge in [0.25, 0.3) is 0 Å². The first-order valence-corrected chi connectivity index (χ1v) is 11.5. The maximum atomic E-state index is 12.3. The van der Waals surface area contributed by atoms with Gasteiger partial charge in [0.05, 0.1) is 0 Å². The van der Waals surface area contributed by atoms with Gasteiger partial charge in [0.2, 0.25) is 5.91 Å². The van der Waals surface area contributed by atoms with Gasteiger partial charge in [-0.05, 0) is 62.7 Å². The van der Waals surface area contributed by atoms with Crippen molar-refractivity contribution in [1.82, 2.24) is 20.4 Å². The number of hydrogen-bond acceptors (Lipinski definition) is 6. The lowest BCUT2D eigenvalue weighted by Crippen LogP contribution is -2.42. The van der Waals surface area contributed by atoms with E-state index in [1.807, 2.05) is 26.2 Å². The molecule has 0 saturated carbocycles. The molecule has 1 aromatic carbocycles. The molecule has 2 heterocycles. The summed E-state index contributed by atoms with van der Waals surface area (Å²) in [6.45, 7) is 7.65. The van der Waals surface area contributed by atoms with Crippen molar-refractivity contribution in [2.24, 2.45) is 5.92 Å². The molecule has 7 heteroatoms. The lowest BCUT2D eigenvalue weighted by Gasteiger charge is -2.31. The molecule has 1 aliphatic heterocycles. The molecule has 1 N–H and O–H groups in total. The van der Waals surface area contributed by atoms with Crippen LogP contribution in [-0.4, -0.2) is 61.3 Å². The van der Waals surface area contributed by atoms with Crippen LogP contribution in [-0.2, 0) is 4.79 Å². The normalized spacial score (nSPS) is 15.1. The van der Waals surface area contributed by atoms with Crippen molar-refractivity contribution in [3.63, 3.8) is 0 Å². The molecule has 1 aliphatic rings. The van der Waals surface area contributed by atoms with Crippen LogP contribution in [0.1, 0.15) is 38.2 Å². The van der Waals surface area contributed by atoms with E-state index in [1.165, 1.54) is 10.5 Å². The molecule has 1 fully saturated rings. The molecule has 0 aliphatic carbocycles. The summed E-state index contributed by atoms with van der Waals surface area (Å²) < 4.78 is 0. The third kappa shape index (κ3) is 6.44. The van der Waals surface area contributed by atoms with E-state index in [2.05, 4.69) is 63.4 Å². The molecule has 6 nitrogen and oxygen atoms in total. The van der Waals surface area contributed by atoms with Crippen LogP contribution in [0.4, 0.5) is 5.82 Å². The Hall–Kier alpha value is -2.12. The quantitative estimate of drug-likeness (QED) is 0.694. The van der Waals surface area contributed by atoms with Crippen LogP contribution >= 0.6 is 11.8 Å². The van der Waals surface area contributed by atoms with Crippen molar-refractivity contribution in [1.29, 1.82) is 0 Å². The van der Waals surface area contributed by atoms with Gasteiger partial charge in [0.15, 0.2) is 5.82 Å². The molecule has 30 heavy (non-hydrogen) atoms. The second-order valence-corrected chi connectivity index (χ2v) is 9.50. The molecule has 0 atom stereocenters. The first-order chi connectivity index (χ1) is 14.4. The Morgan fingerprint density at radius 2 is 1.83 bits per heavy atom. The molecular formula is C23H33N5OS. The lowest BCUT2D eigenvalue weighted by atomic mass is 9.96. The number of likely N-dealkylation sites (N-methyl/N-ethyl adjacent to an activating group) is 1. The summed E-state index contributed by atoms with van der Waals surface area (Å²) in [5.41, 5.74) is 1.34. The van der Waals surface area contributed by atoms with Gasteiger partial charge in [-0.25, -0.2) is 0 Å². The van der Waals surface area contributed by atoms with Gasteiger partial charge >= 0.3 is 0 Å². The minimum absolute atomic E-state index is 0.0972.